The Morgan fingerprint density at radius 1 is 1.48 bits per heavy atom. The van der Waals surface area contributed by atoms with E-state index in [-0.39, 0.29) is 6.04 Å². The number of rotatable bonds is 6. The predicted octanol–water partition coefficient (Wildman–Crippen LogP) is 2.72. The molecule has 1 aliphatic heterocycles. The van der Waals surface area contributed by atoms with Crippen molar-refractivity contribution in [1.82, 2.24) is 5.32 Å². The zero-order valence-corrected chi connectivity index (χ0v) is 13.6. The first-order valence-corrected chi connectivity index (χ1v) is 7.86. The molecule has 0 aliphatic carbocycles. The van der Waals surface area contributed by atoms with Gasteiger partial charge >= 0.3 is 0 Å². The molecule has 0 radical (unpaired) electrons. The second-order valence-corrected chi connectivity index (χ2v) is 6.24. The maximum Gasteiger partial charge on any atom is 0.125 e. The molecule has 21 heavy (non-hydrogen) atoms. The van der Waals surface area contributed by atoms with Gasteiger partial charge in [0.15, 0.2) is 0 Å². The lowest BCUT2D eigenvalue weighted by atomic mass is 10.0. The van der Waals surface area contributed by atoms with Crippen LogP contribution in [0.15, 0.2) is 18.2 Å². The molecule has 1 aliphatic rings. The number of anilines is 1. The number of aliphatic hydroxyl groups is 1. The van der Waals surface area contributed by atoms with E-state index in [0.29, 0.717) is 6.54 Å². The second-order valence-electron chi connectivity index (χ2n) is 6.24. The normalized spacial score (nSPS) is 23.4. The Kier molecular flexibility index (Phi) is 5.12. The summed E-state index contributed by atoms with van der Waals surface area (Å²) in [6, 6.07) is 6.39. The van der Waals surface area contributed by atoms with Crippen LogP contribution >= 0.6 is 0 Å². The topological polar surface area (TPSA) is 44.7 Å². The lowest BCUT2D eigenvalue weighted by Gasteiger charge is -2.27. The predicted molar refractivity (Wildman–Crippen MR) is 87.2 cm³/mol. The molecule has 2 N–H and O–H groups in total. The summed E-state index contributed by atoms with van der Waals surface area (Å²) < 4.78 is 5.57. The summed E-state index contributed by atoms with van der Waals surface area (Å²) in [6.45, 7) is 8.79. The molecule has 0 aromatic heterocycles. The molecule has 1 aromatic carbocycles. The number of hydrogen-bond acceptors (Lipinski definition) is 4. The maximum absolute atomic E-state index is 10.2. The monoisotopic (exact) mass is 292 g/mol. The molecule has 1 aromatic rings. The van der Waals surface area contributed by atoms with Gasteiger partial charge < -0.3 is 20.1 Å². The molecular formula is C17H28N2O2. The highest BCUT2D eigenvalue weighted by molar-refractivity contribution is 5.61. The summed E-state index contributed by atoms with van der Waals surface area (Å²) in [5.74, 6) is 0.912. The van der Waals surface area contributed by atoms with E-state index in [2.05, 4.69) is 30.1 Å². The Bertz CT molecular complexity index is 474. The first-order chi connectivity index (χ1) is 9.98. The summed E-state index contributed by atoms with van der Waals surface area (Å²) in [5.41, 5.74) is 1.76. The van der Waals surface area contributed by atoms with E-state index in [1.807, 2.05) is 19.1 Å². The van der Waals surface area contributed by atoms with Crippen LogP contribution in [0.5, 0.6) is 5.75 Å². The van der Waals surface area contributed by atoms with E-state index in [0.717, 1.165) is 31.7 Å². The Labute approximate surface area is 128 Å². The van der Waals surface area contributed by atoms with E-state index in [9.17, 15) is 5.11 Å². The highest BCUT2D eigenvalue weighted by atomic mass is 16.5. The van der Waals surface area contributed by atoms with Gasteiger partial charge in [0.1, 0.15) is 5.75 Å². The summed E-state index contributed by atoms with van der Waals surface area (Å²) in [6.07, 6.45) is 1.91. The summed E-state index contributed by atoms with van der Waals surface area (Å²) in [7, 11) is 1.72. The van der Waals surface area contributed by atoms with Crippen LogP contribution in [0.25, 0.3) is 0 Å². The highest BCUT2D eigenvalue weighted by Crippen LogP contribution is 2.37. The molecule has 1 saturated heterocycles. The van der Waals surface area contributed by atoms with Crippen molar-refractivity contribution < 1.29 is 9.84 Å². The second kappa shape index (κ2) is 6.67. The van der Waals surface area contributed by atoms with Crippen molar-refractivity contribution in [1.29, 1.82) is 0 Å². The fourth-order valence-electron chi connectivity index (χ4n) is 3.04. The van der Waals surface area contributed by atoms with Crippen molar-refractivity contribution in [2.45, 2.75) is 45.3 Å². The minimum atomic E-state index is -0.597. The van der Waals surface area contributed by atoms with E-state index < -0.39 is 5.60 Å². The average molecular weight is 292 g/mol. The summed E-state index contributed by atoms with van der Waals surface area (Å²) in [4.78, 5) is 2.27. The SMILES string of the molecule is CCCNC(C)c1c(OC)cccc1N1CCC(C)(O)C1. The Morgan fingerprint density at radius 3 is 2.81 bits per heavy atom. The van der Waals surface area contributed by atoms with Crippen molar-refractivity contribution in [2.24, 2.45) is 0 Å². The van der Waals surface area contributed by atoms with Gasteiger partial charge in [-0.25, -0.2) is 0 Å². The molecule has 4 nitrogen and oxygen atoms in total. The lowest BCUT2D eigenvalue weighted by Crippen LogP contribution is -2.31. The zero-order valence-electron chi connectivity index (χ0n) is 13.6. The van der Waals surface area contributed by atoms with Crippen molar-refractivity contribution in [3.05, 3.63) is 23.8 Å². The van der Waals surface area contributed by atoms with Crippen molar-refractivity contribution in [3.8, 4) is 5.75 Å². The highest BCUT2D eigenvalue weighted by Gasteiger charge is 2.33. The van der Waals surface area contributed by atoms with E-state index >= 15 is 0 Å². The average Bonchev–Trinajstić information content (AvgIpc) is 2.83. The van der Waals surface area contributed by atoms with Crippen LogP contribution in [0, 0.1) is 0 Å². The third kappa shape index (κ3) is 3.69. The van der Waals surface area contributed by atoms with Crippen LogP contribution in [0.2, 0.25) is 0 Å². The van der Waals surface area contributed by atoms with E-state index in [1.165, 1.54) is 11.3 Å². The number of ether oxygens (including phenoxy) is 1. The van der Waals surface area contributed by atoms with Gasteiger partial charge in [0.2, 0.25) is 0 Å². The van der Waals surface area contributed by atoms with Gasteiger partial charge in [-0.05, 0) is 45.4 Å². The van der Waals surface area contributed by atoms with Gasteiger partial charge in [0.05, 0.1) is 12.7 Å². The first kappa shape index (κ1) is 16.1. The van der Waals surface area contributed by atoms with Crippen LogP contribution in [0.4, 0.5) is 5.69 Å². The molecule has 2 rings (SSSR count). The third-order valence-corrected chi connectivity index (χ3v) is 4.19. The maximum atomic E-state index is 10.2. The molecule has 2 atom stereocenters. The zero-order chi connectivity index (χ0) is 15.5. The fraction of sp³-hybridized carbons (Fsp3) is 0.647. The minimum Gasteiger partial charge on any atom is -0.496 e. The molecule has 0 amide bonds. The first-order valence-electron chi connectivity index (χ1n) is 7.86. The van der Waals surface area contributed by atoms with Crippen LogP contribution in [-0.4, -0.2) is 37.5 Å². The fourth-order valence-corrected chi connectivity index (χ4v) is 3.04. The number of benzene rings is 1. The van der Waals surface area contributed by atoms with Gasteiger partial charge in [0.25, 0.3) is 0 Å². The molecule has 118 valence electrons. The number of hydrogen-bond donors (Lipinski definition) is 2. The summed E-state index contributed by atoms with van der Waals surface area (Å²) >= 11 is 0. The van der Waals surface area contributed by atoms with Gasteiger partial charge in [-0.15, -0.1) is 0 Å². The van der Waals surface area contributed by atoms with Crippen LogP contribution in [0.1, 0.15) is 45.2 Å². The van der Waals surface area contributed by atoms with Crippen molar-refractivity contribution in [3.63, 3.8) is 0 Å². The Balaban J connectivity index is 2.32. The van der Waals surface area contributed by atoms with Gasteiger partial charge in [-0.1, -0.05) is 13.0 Å². The van der Waals surface area contributed by atoms with Crippen LogP contribution in [-0.2, 0) is 0 Å². The van der Waals surface area contributed by atoms with Crippen LogP contribution in [0.3, 0.4) is 0 Å². The molecule has 4 heteroatoms. The largest absolute Gasteiger partial charge is 0.496 e. The van der Waals surface area contributed by atoms with Crippen molar-refractivity contribution >= 4 is 5.69 Å². The van der Waals surface area contributed by atoms with E-state index in [1.54, 1.807) is 7.11 Å². The van der Waals surface area contributed by atoms with Gasteiger partial charge in [-0.2, -0.15) is 0 Å². The Hall–Kier alpha value is -1.26. The number of nitrogens with one attached hydrogen (secondary N) is 1. The Morgan fingerprint density at radius 2 is 2.24 bits per heavy atom. The number of β-amino-alcohol motifs (C(OH)–C–C–N with tert-alkyl or cyclic N) is 1. The molecule has 0 saturated carbocycles. The van der Waals surface area contributed by atoms with Crippen molar-refractivity contribution in [2.75, 3.05) is 31.6 Å². The molecule has 0 bridgehead atoms. The smallest absolute Gasteiger partial charge is 0.125 e. The minimum absolute atomic E-state index is 0.224. The third-order valence-electron chi connectivity index (χ3n) is 4.19. The number of methoxy groups -OCH3 is 1. The van der Waals surface area contributed by atoms with E-state index in [4.69, 9.17) is 4.74 Å². The molecule has 1 fully saturated rings. The summed E-state index contributed by atoms with van der Waals surface area (Å²) in [5, 5.41) is 13.8. The molecule has 0 spiro atoms. The van der Waals surface area contributed by atoms with Gasteiger partial charge in [0, 0.05) is 30.4 Å². The molecule has 2 unspecified atom stereocenters. The lowest BCUT2D eigenvalue weighted by molar-refractivity contribution is 0.0839. The quantitative estimate of drug-likeness (QED) is 0.846. The molecular weight excluding hydrogens is 264 g/mol. The van der Waals surface area contributed by atoms with Gasteiger partial charge in [-0.3, -0.25) is 0 Å². The molecule has 1 heterocycles. The van der Waals surface area contributed by atoms with Crippen LogP contribution < -0.4 is 15.0 Å². The number of nitrogens with zero attached hydrogens (tertiary/aromatic N) is 1. The standard InChI is InChI=1S/C17H28N2O2/c1-5-10-18-13(2)16-14(7-6-8-15(16)21-4)19-11-9-17(3,20)12-19/h6-8,13,18,20H,5,9-12H2,1-4H3.